The zero-order valence-corrected chi connectivity index (χ0v) is 17.3. The molecule has 11 nitrogen and oxygen atoms in total. The molecule has 2 aromatic heterocycles. The molecule has 1 aromatic carbocycles. The molecule has 2 atom stereocenters. The van der Waals surface area contributed by atoms with Crippen LogP contribution in [0.25, 0.3) is 10.4 Å². The second kappa shape index (κ2) is 8.16. The number of hydrogen-bond acceptors (Lipinski definition) is 9. The quantitative estimate of drug-likeness (QED) is 0.592. The zero-order chi connectivity index (χ0) is 22.2. The topological polar surface area (TPSA) is 123 Å². The molecule has 2 aliphatic heterocycles. The number of aromatic nitrogens is 4. The fraction of sp³-hybridized carbons (Fsp3) is 0.316. The number of rotatable bonds is 6. The highest BCUT2D eigenvalue weighted by Gasteiger charge is 2.35. The Morgan fingerprint density at radius 2 is 1.94 bits per heavy atom. The van der Waals surface area contributed by atoms with Gasteiger partial charge in [-0.2, -0.15) is 0 Å². The molecule has 13 heteroatoms. The Bertz CT molecular complexity index is 1160. The largest absolute Gasteiger partial charge is 0.442 e. The van der Waals surface area contributed by atoms with Gasteiger partial charge in [0, 0.05) is 18.0 Å². The van der Waals surface area contributed by atoms with Crippen LogP contribution in [-0.2, 0) is 16.0 Å². The number of anilines is 2. The van der Waals surface area contributed by atoms with Crippen LogP contribution in [0.2, 0.25) is 0 Å². The normalized spacial score (nSPS) is 20.7. The van der Waals surface area contributed by atoms with Crippen molar-refractivity contribution in [2.45, 2.75) is 18.8 Å². The monoisotopic (exact) mass is 460 g/mol. The van der Waals surface area contributed by atoms with Crippen molar-refractivity contribution >= 4 is 34.3 Å². The molecule has 0 aliphatic carbocycles. The van der Waals surface area contributed by atoms with Gasteiger partial charge in [-0.15, -0.1) is 5.10 Å². The summed E-state index contributed by atoms with van der Waals surface area (Å²) in [5, 5.41) is 17.1. The van der Waals surface area contributed by atoms with Crippen LogP contribution in [0.15, 0.2) is 36.8 Å². The molecule has 1 N–H and O–H groups in total. The number of benzene rings is 1. The first-order valence-electron chi connectivity index (χ1n) is 9.69. The number of cyclic esters (lactones) is 2. The SMILES string of the molecule is O=C1O[C@@H](Cn2ccnn2)CN1c1ccc(-c2cnc(N3CC(CO)OC3=O)s2)c(F)c1. The van der Waals surface area contributed by atoms with E-state index in [0.717, 1.165) is 11.3 Å². The third-order valence-corrected chi connectivity index (χ3v) is 6.12. The second-order valence-electron chi connectivity index (χ2n) is 7.21. The number of aliphatic hydroxyl groups excluding tert-OH is 1. The Morgan fingerprint density at radius 3 is 2.66 bits per heavy atom. The Hall–Kier alpha value is -3.58. The predicted molar refractivity (Wildman–Crippen MR) is 110 cm³/mol. The molecule has 3 aromatic rings. The summed E-state index contributed by atoms with van der Waals surface area (Å²) in [7, 11) is 0. The van der Waals surface area contributed by atoms with Crippen LogP contribution in [-0.4, -0.2) is 69.2 Å². The van der Waals surface area contributed by atoms with Crippen molar-refractivity contribution in [1.29, 1.82) is 0 Å². The average Bonchev–Trinajstić information content (AvgIpc) is 3.56. The number of aliphatic hydroxyl groups is 1. The number of carbonyl (C=O) groups is 2. The van der Waals surface area contributed by atoms with Gasteiger partial charge in [-0.1, -0.05) is 16.6 Å². The first kappa shape index (κ1) is 20.3. The van der Waals surface area contributed by atoms with Crippen LogP contribution in [0.1, 0.15) is 0 Å². The summed E-state index contributed by atoms with van der Waals surface area (Å²) < 4.78 is 26.9. The number of halogens is 1. The van der Waals surface area contributed by atoms with E-state index in [0.29, 0.717) is 22.2 Å². The lowest BCUT2D eigenvalue weighted by Crippen LogP contribution is -2.26. The standard InChI is InChI=1S/C19H17FN6O5S/c20-15-5-11(25-8-12(30-18(25)28)7-24-4-3-22-23-24)1-2-14(15)16-6-21-17(32-16)26-9-13(10-27)31-19(26)29/h1-6,12-13,27H,7-10H2/t12-,13?/m0/s1. The molecule has 0 radical (unpaired) electrons. The summed E-state index contributed by atoms with van der Waals surface area (Å²) in [5.41, 5.74) is 0.659. The number of carbonyl (C=O) groups excluding carboxylic acids is 2. The lowest BCUT2D eigenvalue weighted by Gasteiger charge is -2.14. The van der Waals surface area contributed by atoms with Gasteiger partial charge in [0.1, 0.15) is 18.0 Å². The maximum Gasteiger partial charge on any atom is 0.416 e. The van der Waals surface area contributed by atoms with Crippen molar-refractivity contribution in [1.82, 2.24) is 20.0 Å². The van der Waals surface area contributed by atoms with Crippen LogP contribution in [0.3, 0.4) is 0 Å². The Kier molecular flexibility index (Phi) is 5.19. The number of nitrogens with zero attached hydrogens (tertiary/aromatic N) is 6. The van der Waals surface area contributed by atoms with E-state index in [1.165, 1.54) is 28.3 Å². The molecule has 2 fully saturated rings. The van der Waals surface area contributed by atoms with E-state index in [1.807, 2.05) is 0 Å². The summed E-state index contributed by atoms with van der Waals surface area (Å²) in [6, 6.07) is 4.45. The van der Waals surface area contributed by atoms with Crippen molar-refractivity contribution in [2.24, 2.45) is 0 Å². The van der Waals surface area contributed by atoms with Gasteiger partial charge in [0.05, 0.1) is 43.0 Å². The van der Waals surface area contributed by atoms with E-state index in [-0.39, 0.29) is 25.3 Å². The number of hydrogen-bond donors (Lipinski definition) is 1. The highest BCUT2D eigenvalue weighted by Crippen LogP contribution is 2.36. The lowest BCUT2D eigenvalue weighted by molar-refractivity contribution is 0.0963. The van der Waals surface area contributed by atoms with Gasteiger partial charge in [-0.25, -0.2) is 28.5 Å². The van der Waals surface area contributed by atoms with E-state index in [9.17, 15) is 14.0 Å². The molecule has 0 spiro atoms. The molecule has 0 bridgehead atoms. The summed E-state index contributed by atoms with van der Waals surface area (Å²) in [5.74, 6) is -0.539. The van der Waals surface area contributed by atoms with Crippen LogP contribution < -0.4 is 9.80 Å². The van der Waals surface area contributed by atoms with E-state index >= 15 is 0 Å². The first-order valence-corrected chi connectivity index (χ1v) is 10.5. The minimum absolute atomic E-state index is 0.177. The molecule has 5 rings (SSSR count). The second-order valence-corrected chi connectivity index (χ2v) is 8.22. The van der Waals surface area contributed by atoms with Crippen molar-refractivity contribution in [3.8, 4) is 10.4 Å². The molecule has 2 saturated heterocycles. The molecule has 1 unspecified atom stereocenters. The highest BCUT2D eigenvalue weighted by molar-refractivity contribution is 7.19. The lowest BCUT2D eigenvalue weighted by atomic mass is 10.1. The number of thiazole rings is 1. The zero-order valence-electron chi connectivity index (χ0n) is 16.5. The summed E-state index contributed by atoms with van der Waals surface area (Å²) >= 11 is 1.13. The average molecular weight is 460 g/mol. The molecule has 166 valence electrons. The molecule has 32 heavy (non-hydrogen) atoms. The fourth-order valence-corrected chi connectivity index (χ4v) is 4.47. The van der Waals surface area contributed by atoms with Gasteiger partial charge in [-0.3, -0.25) is 4.90 Å². The van der Waals surface area contributed by atoms with Crippen molar-refractivity contribution in [3.63, 3.8) is 0 Å². The van der Waals surface area contributed by atoms with E-state index in [4.69, 9.17) is 14.6 Å². The van der Waals surface area contributed by atoms with Crippen molar-refractivity contribution in [3.05, 3.63) is 42.6 Å². The third-order valence-electron chi connectivity index (χ3n) is 5.07. The van der Waals surface area contributed by atoms with Crippen molar-refractivity contribution < 1.29 is 28.6 Å². The molecular weight excluding hydrogens is 443 g/mol. The van der Waals surface area contributed by atoms with Gasteiger partial charge >= 0.3 is 12.2 Å². The first-order chi connectivity index (χ1) is 15.5. The van der Waals surface area contributed by atoms with Gasteiger partial charge < -0.3 is 14.6 Å². The summed E-state index contributed by atoms with van der Waals surface area (Å²) in [6.07, 6.45) is 2.46. The third kappa shape index (κ3) is 3.76. The van der Waals surface area contributed by atoms with Crippen LogP contribution in [0, 0.1) is 5.82 Å². The van der Waals surface area contributed by atoms with Crippen molar-refractivity contribution in [2.75, 3.05) is 29.5 Å². The van der Waals surface area contributed by atoms with E-state index in [2.05, 4.69) is 15.3 Å². The summed E-state index contributed by atoms with van der Waals surface area (Å²) in [4.78, 5) is 31.6. The van der Waals surface area contributed by atoms with Crippen LogP contribution in [0.4, 0.5) is 24.8 Å². The smallest absolute Gasteiger partial charge is 0.416 e. The molecule has 2 amide bonds. The van der Waals surface area contributed by atoms with Gasteiger partial charge in [0.2, 0.25) is 0 Å². The van der Waals surface area contributed by atoms with Crippen LogP contribution >= 0.6 is 11.3 Å². The Balaban J connectivity index is 1.31. The van der Waals surface area contributed by atoms with E-state index in [1.54, 1.807) is 23.0 Å². The molecule has 2 aliphatic rings. The number of amides is 2. The Morgan fingerprint density at radius 1 is 1.16 bits per heavy atom. The Labute approximate surface area is 184 Å². The van der Waals surface area contributed by atoms with E-state index < -0.39 is 30.2 Å². The maximum absolute atomic E-state index is 14.9. The number of ether oxygens (including phenoxy) is 2. The predicted octanol–water partition coefficient (Wildman–Crippen LogP) is 1.88. The van der Waals surface area contributed by atoms with Gasteiger partial charge in [0.25, 0.3) is 0 Å². The maximum atomic E-state index is 14.9. The molecule has 0 saturated carbocycles. The highest BCUT2D eigenvalue weighted by atomic mass is 32.1. The van der Waals surface area contributed by atoms with Gasteiger partial charge in [-0.05, 0) is 18.2 Å². The molecule has 4 heterocycles. The summed E-state index contributed by atoms with van der Waals surface area (Å²) in [6.45, 7) is 0.500. The fourth-order valence-electron chi connectivity index (χ4n) is 3.52. The minimum Gasteiger partial charge on any atom is -0.442 e. The van der Waals surface area contributed by atoms with Gasteiger partial charge in [0.15, 0.2) is 5.13 Å². The van der Waals surface area contributed by atoms with Crippen LogP contribution in [0.5, 0.6) is 0 Å². The molecular formula is C19H17FN6O5S. The minimum atomic E-state index is -0.612.